The van der Waals surface area contributed by atoms with Crippen molar-refractivity contribution in [2.75, 3.05) is 18.4 Å². The molecule has 2 aromatic carbocycles. The van der Waals surface area contributed by atoms with Gasteiger partial charge in [0.05, 0.1) is 0 Å². The maximum Gasteiger partial charge on any atom is 0.255 e. The number of anilines is 1. The van der Waals surface area contributed by atoms with Crippen molar-refractivity contribution in [1.29, 1.82) is 0 Å². The fourth-order valence-corrected chi connectivity index (χ4v) is 4.05. The molecule has 144 valence electrons. The van der Waals surface area contributed by atoms with E-state index < -0.39 is 32.6 Å². The number of sulfonamides is 1. The second kappa shape index (κ2) is 8.28. The minimum atomic E-state index is -4.06. The van der Waals surface area contributed by atoms with Gasteiger partial charge in [-0.3, -0.25) is 9.59 Å². The van der Waals surface area contributed by atoms with Crippen LogP contribution in [-0.4, -0.2) is 37.6 Å². The first-order valence-corrected chi connectivity index (χ1v) is 9.65. The number of benzene rings is 2. The van der Waals surface area contributed by atoms with E-state index >= 15 is 0 Å². The van der Waals surface area contributed by atoms with Crippen molar-refractivity contribution >= 4 is 27.5 Å². The summed E-state index contributed by atoms with van der Waals surface area (Å²) in [4.78, 5) is 23.1. The van der Waals surface area contributed by atoms with Crippen molar-refractivity contribution in [3.8, 4) is 0 Å². The summed E-state index contributed by atoms with van der Waals surface area (Å²) in [5.74, 6) is -2.23. The van der Waals surface area contributed by atoms with Gasteiger partial charge in [-0.2, -0.15) is 4.31 Å². The third kappa shape index (κ3) is 4.50. The van der Waals surface area contributed by atoms with Crippen molar-refractivity contribution in [1.82, 2.24) is 4.31 Å². The average Bonchev–Trinajstić information content (AvgIpc) is 2.62. The molecule has 0 aliphatic heterocycles. The van der Waals surface area contributed by atoms with E-state index in [2.05, 4.69) is 5.32 Å². The van der Waals surface area contributed by atoms with Crippen molar-refractivity contribution in [3.63, 3.8) is 0 Å². The highest BCUT2D eigenvalue weighted by atomic mass is 32.2. The molecule has 0 spiro atoms. The van der Waals surface area contributed by atoms with E-state index in [9.17, 15) is 22.4 Å². The summed E-state index contributed by atoms with van der Waals surface area (Å²) >= 11 is 0. The van der Waals surface area contributed by atoms with Crippen LogP contribution in [-0.2, 0) is 10.0 Å². The number of hydrogen-bond acceptors (Lipinski definition) is 4. The van der Waals surface area contributed by atoms with Crippen LogP contribution in [0.5, 0.6) is 0 Å². The number of primary amides is 1. The van der Waals surface area contributed by atoms with Gasteiger partial charge < -0.3 is 11.1 Å². The summed E-state index contributed by atoms with van der Waals surface area (Å²) in [6.45, 7) is 3.63. The van der Waals surface area contributed by atoms with Crippen molar-refractivity contribution in [3.05, 3.63) is 59.4 Å². The number of rotatable bonds is 7. The Labute approximate surface area is 157 Å². The molecule has 7 nitrogen and oxygen atoms in total. The highest BCUT2D eigenvalue weighted by Gasteiger charge is 2.26. The molecule has 0 heterocycles. The predicted octanol–water partition coefficient (Wildman–Crippen LogP) is 2.21. The maximum absolute atomic E-state index is 14.1. The van der Waals surface area contributed by atoms with E-state index in [1.807, 2.05) is 0 Å². The molecular weight excluding hydrogens is 373 g/mol. The first-order chi connectivity index (χ1) is 12.7. The van der Waals surface area contributed by atoms with E-state index in [4.69, 9.17) is 5.73 Å². The second-order valence-corrected chi connectivity index (χ2v) is 7.54. The number of nitrogens with one attached hydrogen (secondary N) is 1. The Hall–Kier alpha value is -2.78. The molecule has 9 heteroatoms. The van der Waals surface area contributed by atoms with Gasteiger partial charge in [0.25, 0.3) is 5.91 Å². The highest BCUT2D eigenvalue weighted by molar-refractivity contribution is 7.89. The zero-order valence-corrected chi connectivity index (χ0v) is 15.7. The Morgan fingerprint density at radius 1 is 1.07 bits per heavy atom. The standard InChI is InChI=1S/C18H20FN3O4S/c1-3-22(4-2)27(25,26)16-11-13(8-9-15(16)19)18(24)21-14-7-5-6-12(10-14)17(20)23/h5-11H,3-4H2,1-2H3,(H2,20,23)(H,21,24). The fourth-order valence-electron chi connectivity index (χ4n) is 2.50. The van der Waals surface area contributed by atoms with E-state index in [0.717, 1.165) is 16.4 Å². The Kier molecular flexibility index (Phi) is 6.29. The second-order valence-electron chi connectivity index (χ2n) is 5.63. The number of nitrogens with two attached hydrogens (primary N) is 1. The van der Waals surface area contributed by atoms with Gasteiger partial charge in [-0.05, 0) is 36.4 Å². The molecule has 0 aliphatic rings. The van der Waals surface area contributed by atoms with Crippen LogP contribution in [0.15, 0.2) is 47.4 Å². The Balaban J connectivity index is 2.36. The van der Waals surface area contributed by atoms with Gasteiger partial charge in [0.2, 0.25) is 15.9 Å². The van der Waals surface area contributed by atoms with Gasteiger partial charge in [-0.15, -0.1) is 0 Å². The molecule has 2 amide bonds. The summed E-state index contributed by atoms with van der Waals surface area (Å²) in [6, 6.07) is 9.07. The van der Waals surface area contributed by atoms with Gasteiger partial charge in [0.15, 0.2) is 0 Å². The zero-order valence-electron chi connectivity index (χ0n) is 14.9. The molecule has 0 saturated heterocycles. The normalized spacial score (nSPS) is 11.4. The van der Waals surface area contributed by atoms with Gasteiger partial charge in [0.1, 0.15) is 10.7 Å². The molecule has 0 bridgehead atoms. The molecule has 0 aliphatic carbocycles. The Morgan fingerprint density at radius 3 is 2.33 bits per heavy atom. The average molecular weight is 393 g/mol. The topological polar surface area (TPSA) is 110 Å². The van der Waals surface area contributed by atoms with Crippen LogP contribution < -0.4 is 11.1 Å². The third-order valence-electron chi connectivity index (χ3n) is 3.92. The SMILES string of the molecule is CCN(CC)S(=O)(=O)c1cc(C(=O)Nc2cccc(C(N)=O)c2)ccc1F. The first kappa shape index (κ1) is 20.5. The summed E-state index contributed by atoms with van der Waals surface area (Å²) in [6.07, 6.45) is 0. The minimum Gasteiger partial charge on any atom is -0.366 e. The largest absolute Gasteiger partial charge is 0.366 e. The monoisotopic (exact) mass is 393 g/mol. The van der Waals surface area contributed by atoms with Crippen LogP contribution in [0.3, 0.4) is 0 Å². The molecule has 0 atom stereocenters. The fraction of sp³-hybridized carbons (Fsp3) is 0.222. The van der Waals surface area contributed by atoms with Crippen molar-refractivity contribution in [2.45, 2.75) is 18.7 Å². The molecule has 0 fully saturated rings. The van der Waals surface area contributed by atoms with E-state index in [1.54, 1.807) is 19.9 Å². The molecule has 2 rings (SSSR count). The lowest BCUT2D eigenvalue weighted by Crippen LogP contribution is -2.31. The molecule has 0 aromatic heterocycles. The number of amides is 2. The number of halogens is 1. The summed E-state index contributed by atoms with van der Waals surface area (Å²) in [5, 5.41) is 2.53. The maximum atomic E-state index is 14.1. The zero-order chi connectivity index (χ0) is 20.2. The highest BCUT2D eigenvalue weighted by Crippen LogP contribution is 2.21. The predicted molar refractivity (Wildman–Crippen MR) is 99.4 cm³/mol. The molecule has 0 radical (unpaired) electrons. The smallest absolute Gasteiger partial charge is 0.255 e. The molecule has 3 N–H and O–H groups in total. The van der Waals surface area contributed by atoms with E-state index in [-0.39, 0.29) is 24.2 Å². The van der Waals surface area contributed by atoms with Crippen molar-refractivity contribution in [2.24, 2.45) is 5.73 Å². The lowest BCUT2D eigenvalue weighted by molar-refractivity contribution is 0.0996. The van der Waals surface area contributed by atoms with Gasteiger partial charge in [-0.1, -0.05) is 19.9 Å². The number of nitrogens with zero attached hydrogens (tertiary/aromatic N) is 1. The van der Waals surface area contributed by atoms with Gasteiger partial charge >= 0.3 is 0 Å². The quantitative estimate of drug-likeness (QED) is 0.751. The summed E-state index contributed by atoms with van der Waals surface area (Å²) in [7, 11) is -4.06. The van der Waals surface area contributed by atoms with Gasteiger partial charge in [-0.25, -0.2) is 12.8 Å². The van der Waals surface area contributed by atoms with E-state index in [1.165, 1.54) is 24.3 Å². The van der Waals surface area contributed by atoms with Crippen LogP contribution in [0.1, 0.15) is 34.6 Å². The third-order valence-corrected chi connectivity index (χ3v) is 5.99. The van der Waals surface area contributed by atoms with Crippen LogP contribution in [0, 0.1) is 5.82 Å². The molecular formula is C18H20FN3O4S. The van der Waals surface area contributed by atoms with Crippen molar-refractivity contribution < 1.29 is 22.4 Å². The lowest BCUT2D eigenvalue weighted by atomic mass is 10.1. The minimum absolute atomic E-state index is 0.0355. The molecule has 27 heavy (non-hydrogen) atoms. The number of hydrogen-bond donors (Lipinski definition) is 2. The van der Waals surface area contributed by atoms with Crippen LogP contribution in [0.4, 0.5) is 10.1 Å². The number of carbonyl (C=O) groups excluding carboxylic acids is 2. The Bertz CT molecular complexity index is 972. The number of carbonyl (C=O) groups is 2. The Morgan fingerprint density at radius 2 is 1.74 bits per heavy atom. The summed E-state index contributed by atoms with van der Waals surface area (Å²) < 4.78 is 40.4. The van der Waals surface area contributed by atoms with Crippen LogP contribution in [0.2, 0.25) is 0 Å². The molecule has 0 unspecified atom stereocenters. The first-order valence-electron chi connectivity index (χ1n) is 8.21. The van der Waals surface area contributed by atoms with E-state index in [0.29, 0.717) is 5.69 Å². The van der Waals surface area contributed by atoms with Crippen LogP contribution in [0.25, 0.3) is 0 Å². The lowest BCUT2D eigenvalue weighted by Gasteiger charge is -2.19. The van der Waals surface area contributed by atoms with Gasteiger partial charge in [0, 0.05) is 29.9 Å². The summed E-state index contributed by atoms with van der Waals surface area (Å²) in [5.41, 5.74) is 5.67. The molecule has 0 saturated carbocycles. The van der Waals surface area contributed by atoms with Crippen LogP contribution >= 0.6 is 0 Å². The molecule has 2 aromatic rings.